The van der Waals surface area contributed by atoms with Crippen LogP contribution in [0.4, 0.5) is 29.2 Å². The summed E-state index contributed by atoms with van der Waals surface area (Å²) in [5.41, 5.74) is -0.397. The molecule has 5 rings (SSSR count). The molecule has 1 atom stereocenters. The average molecular weight is 537 g/mol. The number of fused-ring (bicyclic) bond motifs is 1. The highest BCUT2D eigenvalue weighted by atomic mass is 19.4. The molecule has 4 heterocycles. The molecule has 0 spiro atoms. The van der Waals surface area contributed by atoms with Crippen LogP contribution < -0.4 is 15.0 Å². The zero-order valence-corrected chi connectivity index (χ0v) is 21.5. The van der Waals surface area contributed by atoms with Gasteiger partial charge in [0.1, 0.15) is 11.9 Å². The van der Waals surface area contributed by atoms with Gasteiger partial charge in [0.05, 0.1) is 28.6 Å². The summed E-state index contributed by atoms with van der Waals surface area (Å²) in [6.45, 7) is 4.39. The first-order valence-electron chi connectivity index (χ1n) is 13.1. The summed E-state index contributed by atoms with van der Waals surface area (Å²) < 4.78 is 66.9. The van der Waals surface area contributed by atoms with E-state index in [9.17, 15) is 17.6 Å². The third kappa shape index (κ3) is 5.36. The molecule has 0 amide bonds. The van der Waals surface area contributed by atoms with Crippen LogP contribution in [-0.4, -0.2) is 58.7 Å². The molecule has 0 aromatic carbocycles. The lowest BCUT2D eigenvalue weighted by molar-refractivity contribution is -0.140. The van der Waals surface area contributed by atoms with E-state index in [0.29, 0.717) is 31.7 Å². The van der Waals surface area contributed by atoms with Crippen molar-refractivity contribution in [1.82, 2.24) is 19.7 Å². The maximum absolute atomic E-state index is 14.4. The van der Waals surface area contributed by atoms with Crippen molar-refractivity contribution in [3.8, 4) is 5.88 Å². The molecule has 2 fully saturated rings. The zero-order valence-electron chi connectivity index (χ0n) is 21.5. The van der Waals surface area contributed by atoms with Crippen molar-refractivity contribution in [1.29, 1.82) is 0 Å². The van der Waals surface area contributed by atoms with Crippen molar-refractivity contribution in [3.63, 3.8) is 0 Å². The van der Waals surface area contributed by atoms with Gasteiger partial charge in [0.15, 0.2) is 11.6 Å². The van der Waals surface area contributed by atoms with Gasteiger partial charge in [-0.3, -0.25) is 4.68 Å². The van der Waals surface area contributed by atoms with Gasteiger partial charge in [0.25, 0.3) is 5.88 Å². The number of methoxy groups -OCH3 is 1. The molecule has 0 unspecified atom stereocenters. The van der Waals surface area contributed by atoms with E-state index in [4.69, 9.17) is 14.6 Å². The Morgan fingerprint density at radius 3 is 2.61 bits per heavy atom. The summed E-state index contributed by atoms with van der Waals surface area (Å²) in [5, 5.41) is 9.28. The Morgan fingerprint density at radius 2 is 1.89 bits per heavy atom. The second-order valence-corrected chi connectivity index (χ2v) is 9.85. The highest BCUT2D eigenvalue weighted by molar-refractivity contribution is 5.91. The van der Waals surface area contributed by atoms with Crippen LogP contribution in [0.5, 0.6) is 5.88 Å². The maximum atomic E-state index is 14.4. The van der Waals surface area contributed by atoms with E-state index in [1.54, 1.807) is 7.11 Å². The Morgan fingerprint density at radius 1 is 1.11 bits per heavy atom. The number of hydrogen-bond donors (Lipinski definition) is 1. The highest BCUT2D eigenvalue weighted by Crippen LogP contribution is 2.38. The molecule has 38 heavy (non-hydrogen) atoms. The molecule has 2 aliphatic rings. The van der Waals surface area contributed by atoms with Crippen LogP contribution in [0.15, 0.2) is 24.5 Å². The maximum Gasteiger partial charge on any atom is 0.419 e. The van der Waals surface area contributed by atoms with Gasteiger partial charge in [-0.25, -0.2) is 14.4 Å². The second kappa shape index (κ2) is 10.9. The van der Waals surface area contributed by atoms with Gasteiger partial charge >= 0.3 is 6.18 Å². The summed E-state index contributed by atoms with van der Waals surface area (Å²) in [6, 6.07) is 2.69. The minimum atomic E-state index is -4.81. The lowest BCUT2D eigenvalue weighted by Gasteiger charge is -2.32. The number of nitrogens with zero attached hydrogens (tertiary/aromatic N) is 5. The number of nitrogens with one attached hydrogen (secondary N) is 1. The molecule has 12 heteroatoms. The van der Waals surface area contributed by atoms with Crippen molar-refractivity contribution in [2.45, 2.75) is 69.9 Å². The molecule has 1 saturated carbocycles. The molecular weight excluding hydrogens is 504 g/mol. The number of pyridine rings is 2. The van der Waals surface area contributed by atoms with Crippen LogP contribution >= 0.6 is 0 Å². The summed E-state index contributed by atoms with van der Waals surface area (Å²) in [7, 11) is 1.73. The molecule has 8 nitrogen and oxygen atoms in total. The van der Waals surface area contributed by atoms with Gasteiger partial charge in [-0.15, -0.1) is 0 Å². The number of hydrogen-bond acceptors (Lipinski definition) is 7. The first kappa shape index (κ1) is 26.5. The molecule has 1 aliphatic carbocycles. The predicted molar refractivity (Wildman–Crippen MR) is 135 cm³/mol. The lowest BCUT2D eigenvalue weighted by atomic mass is 9.93. The Hall–Kier alpha value is -3.15. The topological polar surface area (TPSA) is 77.3 Å². The number of anilines is 2. The quantitative estimate of drug-likeness (QED) is 0.394. The number of aromatic nitrogens is 4. The molecule has 3 aromatic heterocycles. The van der Waals surface area contributed by atoms with Crippen molar-refractivity contribution in [2.24, 2.45) is 0 Å². The van der Waals surface area contributed by atoms with Crippen molar-refractivity contribution in [3.05, 3.63) is 35.9 Å². The van der Waals surface area contributed by atoms with E-state index in [0.717, 1.165) is 61.2 Å². The first-order chi connectivity index (χ1) is 18.3. The van der Waals surface area contributed by atoms with Gasteiger partial charge in [0, 0.05) is 45.2 Å². The average Bonchev–Trinajstić information content (AvgIpc) is 3.29. The standard InChI is InChI=1S/C26H32F4N6O2/c1-3-31-22-13-21-19(14-33-22)24(35-12-4-5-18(15-35)37-2)34-36(21)16-6-8-17(9-7-16)38-25-23(27)20(10-11-32-25)26(28,29)30/h10-11,13-14,16-18H,3-9,12,15H2,1-2H3,(H,31,33)/t16?,17?,18-/m0/s1. The van der Waals surface area contributed by atoms with Crippen molar-refractivity contribution < 1.29 is 27.0 Å². The summed E-state index contributed by atoms with van der Waals surface area (Å²) in [4.78, 5) is 10.5. The van der Waals surface area contributed by atoms with E-state index in [1.807, 2.05) is 23.9 Å². The molecular formula is C26H32F4N6O2. The molecule has 3 aromatic rings. The highest BCUT2D eigenvalue weighted by Gasteiger charge is 2.37. The minimum Gasteiger partial charge on any atom is -0.472 e. The fourth-order valence-corrected chi connectivity index (χ4v) is 5.42. The van der Waals surface area contributed by atoms with Crippen molar-refractivity contribution in [2.75, 3.05) is 37.0 Å². The lowest BCUT2D eigenvalue weighted by Crippen LogP contribution is -2.39. The Bertz CT molecular complexity index is 1260. The number of halogens is 4. The van der Waals surface area contributed by atoms with Crippen LogP contribution in [0, 0.1) is 5.82 Å². The third-order valence-corrected chi connectivity index (χ3v) is 7.37. The Kier molecular flexibility index (Phi) is 7.60. The molecule has 206 valence electrons. The SMILES string of the molecule is CCNc1cc2c(cn1)c(N1CCC[C@H](OC)C1)nn2C1CCC(Oc2nccc(C(F)(F)F)c2F)CC1. The van der Waals surface area contributed by atoms with E-state index in [-0.39, 0.29) is 12.1 Å². The first-order valence-corrected chi connectivity index (χ1v) is 13.1. The summed E-state index contributed by atoms with van der Waals surface area (Å²) in [5.74, 6) is -0.423. The van der Waals surface area contributed by atoms with Crippen LogP contribution in [0.3, 0.4) is 0 Å². The predicted octanol–water partition coefficient (Wildman–Crippen LogP) is 5.59. The number of piperidine rings is 1. The number of alkyl halides is 3. The van der Waals surface area contributed by atoms with E-state index in [1.165, 1.54) is 0 Å². The third-order valence-electron chi connectivity index (χ3n) is 7.37. The van der Waals surface area contributed by atoms with Gasteiger partial charge in [-0.1, -0.05) is 0 Å². The molecule has 1 saturated heterocycles. The van der Waals surface area contributed by atoms with Crippen LogP contribution in [0.1, 0.15) is 57.1 Å². The number of ether oxygens (including phenoxy) is 2. The molecule has 0 radical (unpaired) electrons. The fraction of sp³-hybridized carbons (Fsp3) is 0.577. The van der Waals surface area contributed by atoms with E-state index >= 15 is 0 Å². The van der Waals surface area contributed by atoms with Crippen molar-refractivity contribution >= 4 is 22.5 Å². The fourth-order valence-electron chi connectivity index (χ4n) is 5.42. The van der Waals surface area contributed by atoms with Gasteiger partial charge in [0.2, 0.25) is 0 Å². The smallest absolute Gasteiger partial charge is 0.419 e. The van der Waals surface area contributed by atoms with Crippen LogP contribution in [0.25, 0.3) is 10.9 Å². The molecule has 0 bridgehead atoms. The van der Waals surface area contributed by atoms with Gasteiger partial charge in [-0.05, 0) is 51.5 Å². The zero-order chi connectivity index (χ0) is 26.9. The number of rotatable bonds is 7. The minimum absolute atomic E-state index is 0.0605. The summed E-state index contributed by atoms with van der Waals surface area (Å²) >= 11 is 0. The Balaban J connectivity index is 1.36. The monoisotopic (exact) mass is 536 g/mol. The van der Waals surface area contributed by atoms with E-state index < -0.39 is 29.5 Å². The molecule has 1 N–H and O–H groups in total. The Labute approximate surface area is 218 Å². The van der Waals surface area contributed by atoms with Gasteiger partial charge < -0.3 is 19.7 Å². The van der Waals surface area contributed by atoms with Crippen LogP contribution in [0.2, 0.25) is 0 Å². The largest absolute Gasteiger partial charge is 0.472 e. The van der Waals surface area contributed by atoms with Gasteiger partial charge in [-0.2, -0.15) is 18.3 Å². The van der Waals surface area contributed by atoms with Crippen LogP contribution in [-0.2, 0) is 10.9 Å². The molecule has 1 aliphatic heterocycles. The normalized spacial score (nSPS) is 22.6. The second-order valence-electron chi connectivity index (χ2n) is 9.85. The van der Waals surface area contributed by atoms with E-state index in [2.05, 4.69) is 20.2 Å². The summed E-state index contributed by atoms with van der Waals surface area (Å²) in [6.07, 6.45) is 2.17.